The van der Waals surface area contributed by atoms with E-state index < -0.39 is 5.97 Å². The molecule has 3 N–H and O–H groups in total. The van der Waals surface area contributed by atoms with E-state index >= 15 is 0 Å². The summed E-state index contributed by atoms with van der Waals surface area (Å²) in [7, 11) is 0. The quantitative estimate of drug-likeness (QED) is 0.777. The molecule has 0 aromatic heterocycles. The zero-order valence-corrected chi connectivity index (χ0v) is 10.5. The van der Waals surface area contributed by atoms with Crippen molar-refractivity contribution >= 4 is 5.97 Å². The van der Waals surface area contributed by atoms with Crippen molar-refractivity contribution in [1.82, 2.24) is 4.90 Å². The molecule has 2 aliphatic rings. The van der Waals surface area contributed by atoms with Gasteiger partial charge < -0.3 is 15.7 Å². The van der Waals surface area contributed by atoms with Gasteiger partial charge in [-0.2, -0.15) is 0 Å². The van der Waals surface area contributed by atoms with Crippen molar-refractivity contribution in [2.45, 2.75) is 44.6 Å². The highest BCUT2D eigenvalue weighted by Crippen LogP contribution is 2.27. The predicted molar refractivity (Wildman–Crippen MR) is 66.7 cm³/mol. The van der Waals surface area contributed by atoms with E-state index in [0.717, 1.165) is 32.0 Å². The molecule has 0 spiro atoms. The van der Waals surface area contributed by atoms with Crippen molar-refractivity contribution in [3.05, 3.63) is 0 Å². The van der Waals surface area contributed by atoms with E-state index in [1.807, 2.05) is 0 Å². The van der Waals surface area contributed by atoms with Crippen molar-refractivity contribution in [1.29, 1.82) is 0 Å². The Hall–Kier alpha value is -0.610. The second-order valence-electron chi connectivity index (χ2n) is 5.83. The molecule has 0 bridgehead atoms. The molecule has 2 rings (SSSR count). The molecule has 0 radical (unpaired) electrons. The number of carboxylic acids is 1. The molecule has 0 aromatic rings. The Morgan fingerprint density at radius 2 is 1.94 bits per heavy atom. The molecule has 4 heteroatoms. The van der Waals surface area contributed by atoms with Crippen LogP contribution in [-0.2, 0) is 4.79 Å². The highest BCUT2D eigenvalue weighted by molar-refractivity contribution is 5.67. The van der Waals surface area contributed by atoms with Crippen molar-refractivity contribution in [3.63, 3.8) is 0 Å². The highest BCUT2D eigenvalue weighted by Gasteiger charge is 2.28. The topological polar surface area (TPSA) is 66.6 Å². The third kappa shape index (κ3) is 3.96. The maximum Gasteiger partial charge on any atom is 0.303 e. The molecular formula is C13H24N2O2. The smallest absolute Gasteiger partial charge is 0.303 e. The number of rotatable bonds is 4. The molecule has 0 aromatic carbocycles. The monoisotopic (exact) mass is 240 g/mol. The fraction of sp³-hybridized carbons (Fsp3) is 0.923. The number of likely N-dealkylation sites (tertiary alicyclic amines) is 1. The summed E-state index contributed by atoms with van der Waals surface area (Å²) >= 11 is 0. The van der Waals surface area contributed by atoms with E-state index in [0.29, 0.717) is 0 Å². The van der Waals surface area contributed by atoms with Crippen molar-refractivity contribution in [2.75, 3.05) is 19.6 Å². The van der Waals surface area contributed by atoms with E-state index in [1.54, 1.807) is 0 Å². The van der Waals surface area contributed by atoms with Crippen molar-refractivity contribution in [2.24, 2.45) is 17.6 Å². The minimum absolute atomic E-state index is 0.162. The Labute approximate surface area is 103 Å². The van der Waals surface area contributed by atoms with Crippen LogP contribution in [0.4, 0.5) is 0 Å². The maximum absolute atomic E-state index is 10.8. The van der Waals surface area contributed by atoms with Crippen LogP contribution in [0.3, 0.4) is 0 Å². The molecule has 1 saturated carbocycles. The second kappa shape index (κ2) is 5.83. The Morgan fingerprint density at radius 1 is 1.24 bits per heavy atom. The first-order valence-electron chi connectivity index (χ1n) is 6.83. The summed E-state index contributed by atoms with van der Waals surface area (Å²) in [5.41, 5.74) is 6.03. The summed E-state index contributed by atoms with van der Waals surface area (Å²) in [5.74, 6) is 0.383. The Kier molecular flexibility index (Phi) is 4.40. The Balaban J connectivity index is 1.82. The van der Waals surface area contributed by atoms with Gasteiger partial charge in [0.1, 0.15) is 0 Å². The summed E-state index contributed by atoms with van der Waals surface area (Å²) in [4.78, 5) is 13.2. The largest absolute Gasteiger partial charge is 0.481 e. The highest BCUT2D eigenvalue weighted by atomic mass is 16.4. The fourth-order valence-corrected chi connectivity index (χ4v) is 3.45. The lowest BCUT2D eigenvalue weighted by atomic mass is 9.91. The lowest BCUT2D eigenvalue weighted by molar-refractivity contribution is -0.138. The predicted octanol–water partition coefficient (Wildman–Crippen LogP) is 1.30. The third-order valence-corrected chi connectivity index (χ3v) is 4.10. The molecule has 4 nitrogen and oxygen atoms in total. The number of aliphatic carboxylic acids is 1. The van der Waals surface area contributed by atoms with E-state index in [2.05, 4.69) is 4.90 Å². The zero-order valence-electron chi connectivity index (χ0n) is 10.5. The van der Waals surface area contributed by atoms with Crippen LogP contribution < -0.4 is 5.73 Å². The molecule has 17 heavy (non-hydrogen) atoms. The van der Waals surface area contributed by atoms with Gasteiger partial charge >= 0.3 is 5.97 Å². The van der Waals surface area contributed by atoms with E-state index in [1.165, 1.54) is 25.7 Å². The first kappa shape index (κ1) is 12.8. The van der Waals surface area contributed by atoms with Gasteiger partial charge in [-0.1, -0.05) is 12.8 Å². The van der Waals surface area contributed by atoms with Crippen LogP contribution in [-0.4, -0.2) is 41.7 Å². The Bertz CT molecular complexity index is 264. The molecule has 1 saturated heterocycles. The van der Waals surface area contributed by atoms with E-state index in [4.69, 9.17) is 10.8 Å². The second-order valence-corrected chi connectivity index (χ2v) is 5.83. The van der Waals surface area contributed by atoms with E-state index in [-0.39, 0.29) is 18.4 Å². The minimum Gasteiger partial charge on any atom is -0.481 e. The third-order valence-electron chi connectivity index (χ3n) is 4.10. The van der Waals surface area contributed by atoms with Crippen LogP contribution in [0.25, 0.3) is 0 Å². The van der Waals surface area contributed by atoms with Gasteiger partial charge in [-0.15, -0.1) is 0 Å². The number of hydrogen-bond donors (Lipinski definition) is 2. The standard InChI is InChI=1S/C13H24N2O2/c14-12-5-11(6-13(16)17)8-15(9-12)7-10-3-1-2-4-10/h10-12H,1-9,14H2,(H,16,17). The van der Waals surface area contributed by atoms with Gasteiger partial charge in [-0.25, -0.2) is 0 Å². The SMILES string of the molecule is NC1CC(CC(=O)O)CN(CC2CCCC2)C1. The number of nitrogens with zero attached hydrogens (tertiary/aromatic N) is 1. The average Bonchev–Trinajstić information content (AvgIpc) is 2.67. The van der Waals surface area contributed by atoms with Gasteiger partial charge in [0.05, 0.1) is 0 Å². The molecule has 1 aliphatic carbocycles. The van der Waals surface area contributed by atoms with Crippen LogP contribution in [0.1, 0.15) is 38.5 Å². The number of piperidine rings is 1. The normalized spacial score (nSPS) is 31.8. The van der Waals surface area contributed by atoms with Crippen molar-refractivity contribution < 1.29 is 9.90 Å². The molecule has 0 amide bonds. The molecular weight excluding hydrogens is 216 g/mol. The van der Waals surface area contributed by atoms with Gasteiger partial charge in [-0.3, -0.25) is 4.79 Å². The van der Waals surface area contributed by atoms with Crippen LogP contribution in [0, 0.1) is 11.8 Å². The molecule has 1 heterocycles. The molecule has 2 atom stereocenters. The molecule has 2 unspecified atom stereocenters. The summed E-state index contributed by atoms with van der Waals surface area (Å²) in [6.07, 6.45) is 6.55. The molecule has 98 valence electrons. The average molecular weight is 240 g/mol. The number of hydrogen-bond acceptors (Lipinski definition) is 3. The van der Waals surface area contributed by atoms with Crippen molar-refractivity contribution in [3.8, 4) is 0 Å². The maximum atomic E-state index is 10.8. The van der Waals surface area contributed by atoms with Gasteiger partial charge in [0, 0.05) is 32.1 Å². The summed E-state index contributed by atoms with van der Waals surface area (Å²) < 4.78 is 0. The van der Waals surface area contributed by atoms with Crippen LogP contribution in [0.15, 0.2) is 0 Å². The number of nitrogens with two attached hydrogens (primary N) is 1. The van der Waals surface area contributed by atoms with Gasteiger partial charge in [0.15, 0.2) is 0 Å². The molecule has 1 aliphatic heterocycles. The Morgan fingerprint density at radius 3 is 2.59 bits per heavy atom. The summed E-state index contributed by atoms with van der Waals surface area (Å²) in [6.45, 7) is 3.01. The number of carboxylic acid groups (broad SMARTS) is 1. The fourth-order valence-electron chi connectivity index (χ4n) is 3.45. The first-order valence-corrected chi connectivity index (χ1v) is 6.83. The summed E-state index contributed by atoms with van der Waals surface area (Å²) in [5, 5.41) is 8.86. The lowest BCUT2D eigenvalue weighted by Crippen LogP contribution is -2.48. The first-order chi connectivity index (χ1) is 8.13. The minimum atomic E-state index is -0.690. The van der Waals surface area contributed by atoms with Crippen LogP contribution in [0.5, 0.6) is 0 Å². The van der Waals surface area contributed by atoms with Gasteiger partial charge in [-0.05, 0) is 31.1 Å². The van der Waals surface area contributed by atoms with Gasteiger partial charge in [0.25, 0.3) is 0 Å². The number of carbonyl (C=O) groups is 1. The van der Waals surface area contributed by atoms with Crippen LogP contribution >= 0.6 is 0 Å². The van der Waals surface area contributed by atoms with Gasteiger partial charge in [0.2, 0.25) is 0 Å². The lowest BCUT2D eigenvalue weighted by Gasteiger charge is -2.37. The molecule has 2 fully saturated rings. The van der Waals surface area contributed by atoms with Crippen LogP contribution in [0.2, 0.25) is 0 Å². The summed E-state index contributed by atoms with van der Waals surface area (Å²) in [6, 6.07) is 0.162. The zero-order chi connectivity index (χ0) is 12.3. The van der Waals surface area contributed by atoms with E-state index in [9.17, 15) is 4.79 Å².